The normalized spacial score (nSPS) is 10.0. The van der Waals surface area contributed by atoms with Crippen molar-refractivity contribution in [1.29, 1.82) is 0 Å². The molecule has 0 aliphatic heterocycles. The zero-order valence-electron chi connectivity index (χ0n) is 9.18. The van der Waals surface area contributed by atoms with Crippen molar-refractivity contribution in [3.63, 3.8) is 0 Å². The molecular weight excluding hydrogens is 282 g/mol. The van der Waals surface area contributed by atoms with Crippen molar-refractivity contribution in [2.24, 2.45) is 0 Å². The molecule has 4 heteroatoms. The van der Waals surface area contributed by atoms with Gasteiger partial charge in [-0.2, -0.15) is 0 Å². The van der Waals surface area contributed by atoms with Gasteiger partial charge in [-0.1, -0.05) is 15.9 Å². The van der Waals surface area contributed by atoms with Crippen molar-refractivity contribution in [1.82, 2.24) is 4.98 Å². The molecule has 2 aromatic rings. The minimum Gasteiger partial charge on any atom is -0.496 e. The Labute approximate surface area is 108 Å². The Morgan fingerprint density at radius 1 is 1.35 bits per heavy atom. The fourth-order valence-corrected chi connectivity index (χ4v) is 1.87. The van der Waals surface area contributed by atoms with Crippen LogP contribution >= 0.6 is 15.9 Å². The van der Waals surface area contributed by atoms with Gasteiger partial charge >= 0.3 is 0 Å². The Bertz CT molecular complexity index is 540. The van der Waals surface area contributed by atoms with Crippen molar-refractivity contribution in [3.05, 3.63) is 58.3 Å². The van der Waals surface area contributed by atoms with Crippen LogP contribution in [0.4, 0.5) is 0 Å². The second-order valence-electron chi connectivity index (χ2n) is 3.42. The quantitative estimate of drug-likeness (QED) is 0.816. The van der Waals surface area contributed by atoms with Gasteiger partial charge in [0.1, 0.15) is 5.75 Å². The maximum absolute atomic E-state index is 12.2. The molecule has 0 amide bonds. The first-order chi connectivity index (χ1) is 8.22. The van der Waals surface area contributed by atoms with Crippen LogP contribution in [0, 0.1) is 0 Å². The molecule has 0 saturated carbocycles. The largest absolute Gasteiger partial charge is 0.496 e. The third-order valence-electron chi connectivity index (χ3n) is 2.33. The lowest BCUT2D eigenvalue weighted by atomic mass is 10.0. The van der Waals surface area contributed by atoms with E-state index in [2.05, 4.69) is 20.9 Å². The number of hydrogen-bond acceptors (Lipinski definition) is 3. The van der Waals surface area contributed by atoms with Crippen LogP contribution in [0.2, 0.25) is 0 Å². The van der Waals surface area contributed by atoms with Crippen molar-refractivity contribution >= 4 is 21.7 Å². The average molecular weight is 292 g/mol. The highest BCUT2D eigenvalue weighted by molar-refractivity contribution is 9.10. The molecule has 0 saturated heterocycles. The van der Waals surface area contributed by atoms with E-state index in [1.807, 2.05) is 6.07 Å². The third kappa shape index (κ3) is 2.53. The first-order valence-corrected chi connectivity index (χ1v) is 5.80. The Morgan fingerprint density at radius 2 is 2.18 bits per heavy atom. The zero-order chi connectivity index (χ0) is 12.3. The predicted molar refractivity (Wildman–Crippen MR) is 68.4 cm³/mol. The number of aromatic nitrogens is 1. The minimum atomic E-state index is -0.101. The van der Waals surface area contributed by atoms with E-state index in [-0.39, 0.29) is 5.78 Å². The van der Waals surface area contributed by atoms with E-state index < -0.39 is 0 Å². The molecule has 1 aromatic carbocycles. The number of benzene rings is 1. The van der Waals surface area contributed by atoms with Gasteiger partial charge in [0.05, 0.1) is 12.7 Å². The topological polar surface area (TPSA) is 39.2 Å². The lowest BCUT2D eigenvalue weighted by Crippen LogP contribution is -2.04. The molecule has 17 heavy (non-hydrogen) atoms. The molecule has 0 atom stereocenters. The van der Waals surface area contributed by atoms with E-state index in [4.69, 9.17) is 4.74 Å². The summed E-state index contributed by atoms with van der Waals surface area (Å²) < 4.78 is 6.02. The number of methoxy groups -OCH3 is 1. The van der Waals surface area contributed by atoms with E-state index in [0.29, 0.717) is 16.9 Å². The summed E-state index contributed by atoms with van der Waals surface area (Å²) in [5.74, 6) is 0.457. The van der Waals surface area contributed by atoms with Gasteiger partial charge in [0.2, 0.25) is 0 Å². The predicted octanol–water partition coefficient (Wildman–Crippen LogP) is 3.08. The van der Waals surface area contributed by atoms with Crippen molar-refractivity contribution in [2.75, 3.05) is 7.11 Å². The van der Waals surface area contributed by atoms with Gasteiger partial charge in [-0.05, 0) is 30.3 Å². The molecule has 0 radical (unpaired) electrons. The van der Waals surface area contributed by atoms with Gasteiger partial charge in [0, 0.05) is 22.4 Å². The van der Waals surface area contributed by atoms with Crippen LogP contribution in [0.25, 0.3) is 0 Å². The molecule has 0 spiro atoms. The molecule has 2 rings (SSSR count). The number of carbonyl (C=O) groups excluding carboxylic acids is 1. The molecule has 0 aliphatic carbocycles. The van der Waals surface area contributed by atoms with E-state index in [1.165, 1.54) is 0 Å². The molecule has 0 unspecified atom stereocenters. The lowest BCUT2D eigenvalue weighted by Gasteiger charge is -2.07. The van der Waals surface area contributed by atoms with Crippen molar-refractivity contribution in [2.45, 2.75) is 0 Å². The summed E-state index contributed by atoms with van der Waals surface area (Å²) in [5.41, 5.74) is 1.07. The monoisotopic (exact) mass is 291 g/mol. The van der Waals surface area contributed by atoms with Gasteiger partial charge in [-0.3, -0.25) is 9.78 Å². The zero-order valence-corrected chi connectivity index (χ0v) is 10.8. The standard InChI is InChI=1S/C13H10BrNO2/c1-17-12-5-4-10(14)7-11(12)13(16)9-3-2-6-15-8-9/h2-8H,1H3. The summed E-state index contributed by atoms with van der Waals surface area (Å²) >= 11 is 3.34. The minimum absolute atomic E-state index is 0.101. The van der Waals surface area contributed by atoms with Crippen LogP contribution in [-0.2, 0) is 0 Å². The van der Waals surface area contributed by atoms with Crippen LogP contribution in [0.3, 0.4) is 0 Å². The summed E-state index contributed by atoms with van der Waals surface area (Å²) in [6, 6.07) is 8.80. The number of hydrogen-bond donors (Lipinski definition) is 0. The number of nitrogens with zero attached hydrogens (tertiary/aromatic N) is 1. The van der Waals surface area contributed by atoms with E-state index >= 15 is 0 Å². The summed E-state index contributed by atoms with van der Waals surface area (Å²) in [7, 11) is 1.54. The highest BCUT2D eigenvalue weighted by atomic mass is 79.9. The SMILES string of the molecule is COc1ccc(Br)cc1C(=O)c1cccnc1. The molecule has 86 valence electrons. The van der Waals surface area contributed by atoms with Crippen LogP contribution in [0.5, 0.6) is 5.75 Å². The Hall–Kier alpha value is -1.68. The Balaban J connectivity index is 2.47. The van der Waals surface area contributed by atoms with E-state index in [1.54, 1.807) is 43.8 Å². The van der Waals surface area contributed by atoms with Gasteiger partial charge in [-0.15, -0.1) is 0 Å². The Kier molecular flexibility index (Phi) is 3.54. The number of ketones is 1. The number of halogens is 1. The molecule has 0 aliphatic rings. The van der Waals surface area contributed by atoms with Crippen LogP contribution in [0.1, 0.15) is 15.9 Å². The fraction of sp³-hybridized carbons (Fsp3) is 0.0769. The second-order valence-corrected chi connectivity index (χ2v) is 4.33. The average Bonchev–Trinajstić information content (AvgIpc) is 2.39. The van der Waals surface area contributed by atoms with Crippen molar-refractivity contribution < 1.29 is 9.53 Å². The van der Waals surface area contributed by atoms with E-state index in [9.17, 15) is 4.79 Å². The van der Waals surface area contributed by atoms with E-state index in [0.717, 1.165) is 4.47 Å². The van der Waals surface area contributed by atoms with Gasteiger partial charge in [0.25, 0.3) is 0 Å². The molecule has 1 aromatic heterocycles. The number of rotatable bonds is 3. The van der Waals surface area contributed by atoms with Crippen LogP contribution in [0.15, 0.2) is 47.2 Å². The van der Waals surface area contributed by atoms with Crippen LogP contribution in [-0.4, -0.2) is 17.9 Å². The molecule has 0 fully saturated rings. The summed E-state index contributed by atoms with van der Waals surface area (Å²) in [5, 5.41) is 0. The number of pyridine rings is 1. The fourth-order valence-electron chi connectivity index (χ4n) is 1.51. The highest BCUT2D eigenvalue weighted by Gasteiger charge is 2.14. The number of carbonyl (C=O) groups is 1. The first-order valence-electron chi connectivity index (χ1n) is 5.00. The van der Waals surface area contributed by atoms with Crippen molar-refractivity contribution in [3.8, 4) is 5.75 Å². The molecule has 0 N–H and O–H groups in total. The lowest BCUT2D eigenvalue weighted by molar-refractivity contribution is 0.103. The Morgan fingerprint density at radius 3 is 2.82 bits per heavy atom. The molecule has 1 heterocycles. The maximum atomic E-state index is 12.2. The number of ether oxygens (including phenoxy) is 1. The summed E-state index contributed by atoms with van der Waals surface area (Å²) in [6.07, 6.45) is 3.18. The molecule has 0 bridgehead atoms. The second kappa shape index (κ2) is 5.10. The molecule has 3 nitrogen and oxygen atoms in total. The summed E-state index contributed by atoms with van der Waals surface area (Å²) in [4.78, 5) is 16.2. The third-order valence-corrected chi connectivity index (χ3v) is 2.82. The van der Waals surface area contributed by atoms with Gasteiger partial charge in [0.15, 0.2) is 5.78 Å². The highest BCUT2D eigenvalue weighted by Crippen LogP contribution is 2.25. The van der Waals surface area contributed by atoms with Gasteiger partial charge in [-0.25, -0.2) is 0 Å². The molecular formula is C13H10BrNO2. The maximum Gasteiger partial charge on any atom is 0.198 e. The summed E-state index contributed by atoms with van der Waals surface area (Å²) in [6.45, 7) is 0. The first kappa shape index (κ1) is 11.8. The van der Waals surface area contributed by atoms with Gasteiger partial charge < -0.3 is 4.74 Å². The smallest absolute Gasteiger partial charge is 0.198 e. The van der Waals surface area contributed by atoms with Crippen LogP contribution < -0.4 is 4.74 Å².